The molecule has 2 aromatic rings. The van der Waals surface area contributed by atoms with Crippen molar-refractivity contribution in [2.45, 2.75) is 0 Å². The number of benzene rings is 1. The molecule has 0 saturated heterocycles. The summed E-state index contributed by atoms with van der Waals surface area (Å²) in [6, 6.07) is 8.94. The summed E-state index contributed by atoms with van der Waals surface area (Å²) < 4.78 is 18.8. The van der Waals surface area contributed by atoms with E-state index in [0.29, 0.717) is 11.3 Å². The fourth-order valence-electron chi connectivity index (χ4n) is 1.23. The first-order valence-electron chi connectivity index (χ1n) is 4.22. The van der Waals surface area contributed by atoms with Gasteiger partial charge in [0.1, 0.15) is 5.82 Å². The van der Waals surface area contributed by atoms with Gasteiger partial charge in [0.25, 0.3) is 0 Å². The van der Waals surface area contributed by atoms with Gasteiger partial charge in [-0.05, 0) is 40.8 Å². The van der Waals surface area contributed by atoms with Crippen LogP contribution in [0.3, 0.4) is 0 Å². The largest absolute Gasteiger partial charge is 0.422 e. The summed E-state index contributed by atoms with van der Waals surface area (Å²) in [5, 5.41) is 0. The molecular formula is C11H6FIO2. The Kier molecular flexibility index (Phi) is 2.86. The molecule has 0 radical (unpaired) electrons. The van der Waals surface area contributed by atoms with Crippen LogP contribution in [0, 0.1) is 9.39 Å². The van der Waals surface area contributed by atoms with Crippen LogP contribution in [0.2, 0.25) is 0 Å². The van der Waals surface area contributed by atoms with Gasteiger partial charge in [0.2, 0.25) is 0 Å². The van der Waals surface area contributed by atoms with E-state index in [9.17, 15) is 9.18 Å². The molecule has 0 atom stereocenters. The second kappa shape index (κ2) is 4.14. The average Bonchev–Trinajstić information content (AvgIpc) is 2.22. The SMILES string of the molecule is O=c1ccc(I)c(-c2cccc(F)c2)o1. The van der Waals surface area contributed by atoms with E-state index in [-0.39, 0.29) is 5.82 Å². The Bertz CT molecular complexity index is 548. The fourth-order valence-corrected chi connectivity index (χ4v) is 1.83. The van der Waals surface area contributed by atoms with Crippen molar-refractivity contribution in [2.75, 3.05) is 0 Å². The van der Waals surface area contributed by atoms with Crippen LogP contribution in [-0.4, -0.2) is 0 Å². The Labute approximate surface area is 98.9 Å². The standard InChI is InChI=1S/C11H6FIO2/c12-8-3-1-2-7(6-8)11-9(13)4-5-10(14)15-11/h1-6H. The van der Waals surface area contributed by atoms with Crippen molar-refractivity contribution in [3.63, 3.8) is 0 Å². The quantitative estimate of drug-likeness (QED) is 0.757. The lowest BCUT2D eigenvalue weighted by Gasteiger charge is -2.01. The third-order valence-corrected chi connectivity index (χ3v) is 2.72. The van der Waals surface area contributed by atoms with Crippen LogP contribution in [0.15, 0.2) is 45.6 Å². The fraction of sp³-hybridized carbons (Fsp3) is 0. The van der Waals surface area contributed by atoms with Gasteiger partial charge in [-0.1, -0.05) is 12.1 Å². The summed E-state index contributed by atoms with van der Waals surface area (Å²) in [5.74, 6) is 0.0532. The predicted molar refractivity (Wildman–Crippen MR) is 63.1 cm³/mol. The highest BCUT2D eigenvalue weighted by atomic mass is 127. The highest BCUT2D eigenvalue weighted by Gasteiger charge is 2.07. The maximum Gasteiger partial charge on any atom is 0.336 e. The summed E-state index contributed by atoms with van der Waals surface area (Å²) in [4.78, 5) is 11.0. The van der Waals surface area contributed by atoms with E-state index in [2.05, 4.69) is 0 Å². The summed E-state index contributed by atoms with van der Waals surface area (Å²) in [6.07, 6.45) is 0. The van der Waals surface area contributed by atoms with Gasteiger partial charge in [0, 0.05) is 11.6 Å². The third-order valence-electron chi connectivity index (χ3n) is 1.87. The molecule has 1 aromatic heterocycles. The third kappa shape index (κ3) is 2.26. The van der Waals surface area contributed by atoms with Gasteiger partial charge < -0.3 is 4.42 Å². The van der Waals surface area contributed by atoms with E-state index in [0.717, 1.165) is 3.57 Å². The van der Waals surface area contributed by atoms with E-state index in [1.54, 1.807) is 18.2 Å². The molecule has 0 spiro atoms. The van der Waals surface area contributed by atoms with Gasteiger partial charge in [-0.3, -0.25) is 0 Å². The second-order valence-corrected chi connectivity index (χ2v) is 4.10. The van der Waals surface area contributed by atoms with Crippen molar-refractivity contribution in [3.8, 4) is 11.3 Å². The Hall–Kier alpha value is -1.17. The first-order valence-corrected chi connectivity index (χ1v) is 5.30. The van der Waals surface area contributed by atoms with Gasteiger partial charge in [0.05, 0.1) is 3.57 Å². The van der Waals surface area contributed by atoms with Crippen molar-refractivity contribution < 1.29 is 8.81 Å². The molecule has 2 nitrogen and oxygen atoms in total. The Morgan fingerprint density at radius 2 is 2.00 bits per heavy atom. The number of hydrogen-bond donors (Lipinski definition) is 0. The molecule has 76 valence electrons. The first-order chi connectivity index (χ1) is 7.16. The van der Waals surface area contributed by atoms with Crippen molar-refractivity contribution >= 4 is 22.6 Å². The number of halogens is 2. The molecule has 0 aliphatic rings. The van der Waals surface area contributed by atoms with Crippen LogP contribution < -0.4 is 5.63 Å². The van der Waals surface area contributed by atoms with Crippen molar-refractivity contribution in [2.24, 2.45) is 0 Å². The van der Waals surface area contributed by atoms with Gasteiger partial charge in [0.15, 0.2) is 5.76 Å². The lowest BCUT2D eigenvalue weighted by molar-refractivity contribution is 0.522. The van der Waals surface area contributed by atoms with E-state index in [1.807, 2.05) is 22.6 Å². The first kappa shape index (κ1) is 10.4. The zero-order valence-corrected chi connectivity index (χ0v) is 9.69. The Morgan fingerprint density at radius 1 is 1.20 bits per heavy atom. The summed E-state index contributed by atoms with van der Waals surface area (Å²) in [5.41, 5.74) is 0.131. The minimum atomic E-state index is -0.435. The molecule has 0 N–H and O–H groups in total. The number of hydrogen-bond acceptors (Lipinski definition) is 2. The van der Waals surface area contributed by atoms with Crippen LogP contribution in [0.4, 0.5) is 4.39 Å². The average molecular weight is 316 g/mol. The van der Waals surface area contributed by atoms with Gasteiger partial charge in [-0.25, -0.2) is 9.18 Å². The minimum Gasteiger partial charge on any atom is -0.422 e. The zero-order valence-electron chi connectivity index (χ0n) is 7.54. The van der Waals surface area contributed by atoms with Crippen LogP contribution in [0.25, 0.3) is 11.3 Å². The lowest BCUT2D eigenvalue weighted by Crippen LogP contribution is -1.98. The summed E-state index contributed by atoms with van der Waals surface area (Å²) in [6.45, 7) is 0. The highest BCUT2D eigenvalue weighted by molar-refractivity contribution is 14.1. The lowest BCUT2D eigenvalue weighted by atomic mass is 10.1. The maximum absolute atomic E-state index is 13.0. The highest BCUT2D eigenvalue weighted by Crippen LogP contribution is 2.23. The van der Waals surface area contributed by atoms with Gasteiger partial charge in [-0.2, -0.15) is 0 Å². The molecule has 0 aliphatic carbocycles. The zero-order chi connectivity index (χ0) is 10.8. The molecule has 0 bridgehead atoms. The van der Waals surface area contributed by atoms with Gasteiger partial charge >= 0.3 is 5.63 Å². The van der Waals surface area contributed by atoms with Crippen LogP contribution in [-0.2, 0) is 0 Å². The topological polar surface area (TPSA) is 30.2 Å². The van der Waals surface area contributed by atoms with E-state index in [4.69, 9.17) is 4.42 Å². The smallest absolute Gasteiger partial charge is 0.336 e. The molecule has 0 saturated carbocycles. The van der Waals surface area contributed by atoms with Crippen molar-refractivity contribution in [3.05, 3.63) is 56.2 Å². The molecule has 1 heterocycles. The molecular weight excluding hydrogens is 310 g/mol. The molecule has 0 aliphatic heterocycles. The van der Waals surface area contributed by atoms with Crippen LogP contribution in [0.5, 0.6) is 0 Å². The van der Waals surface area contributed by atoms with E-state index in [1.165, 1.54) is 18.2 Å². The summed E-state index contributed by atoms with van der Waals surface area (Å²) >= 11 is 2.04. The molecule has 0 amide bonds. The molecule has 4 heteroatoms. The van der Waals surface area contributed by atoms with Gasteiger partial charge in [-0.15, -0.1) is 0 Å². The molecule has 2 rings (SSSR count). The Balaban J connectivity index is 2.63. The maximum atomic E-state index is 13.0. The predicted octanol–water partition coefficient (Wildman–Crippen LogP) is 3.05. The van der Waals surface area contributed by atoms with Crippen molar-refractivity contribution in [1.82, 2.24) is 0 Å². The van der Waals surface area contributed by atoms with Crippen molar-refractivity contribution in [1.29, 1.82) is 0 Å². The molecule has 15 heavy (non-hydrogen) atoms. The number of rotatable bonds is 1. The molecule has 0 unspecified atom stereocenters. The Morgan fingerprint density at radius 3 is 2.73 bits per heavy atom. The van der Waals surface area contributed by atoms with E-state index >= 15 is 0 Å². The molecule has 0 fully saturated rings. The normalized spacial score (nSPS) is 10.3. The molecule has 1 aromatic carbocycles. The monoisotopic (exact) mass is 316 g/mol. The van der Waals surface area contributed by atoms with Crippen LogP contribution >= 0.6 is 22.6 Å². The van der Waals surface area contributed by atoms with Crippen LogP contribution in [0.1, 0.15) is 0 Å². The summed E-state index contributed by atoms with van der Waals surface area (Å²) in [7, 11) is 0. The minimum absolute atomic E-state index is 0.352. The van der Waals surface area contributed by atoms with E-state index < -0.39 is 5.63 Å². The second-order valence-electron chi connectivity index (χ2n) is 2.94.